The monoisotopic (exact) mass is 344 g/mol. The van der Waals surface area contributed by atoms with Crippen LogP contribution >= 0.6 is 0 Å². The molecular weight excluding hydrogens is 328 g/mol. The molecule has 1 aromatic heterocycles. The molecule has 0 saturated carbocycles. The Labute approximate surface area is 143 Å². The molecule has 8 heteroatoms. The lowest BCUT2D eigenvalue weighted by atomic mass is 10.1. The van der Waals surface area contributed by atoms with Gasteiger partial charge in [0.05, 0.1) is 7.11 Å². The number of benzene rings is 1. The van der Waals surface area contributed by atoms with E-state index in [2.05, 4.69) is 5.16 Å². The zero-order valence-corrected chi connectivity index (χ0v) is 13.6. The highest BCUT2D eigenvalue weighted by Crippen LogP contribution is 2.23. The van der Waals surface area contributed by atoms with E-state index in [1.54, 1.807) is 25.3 Å². The number of methoxy groups -OCH3 is 1. The number of esters is 1. The van der Waals surface area contributed by atoms with Crippen LogP contribution < -0.4 is 4.74 Å². The number of likely N-dealkylation sites (tertiary alicyclic amines) is 1. The maximum Gasteiger partial charge on any atom is 0.326 e. The minimum Gasteiger partial charge on any atom is -0.497 e. The van der Waals surface area contributed by atoms with E-state index < -0.39 is 5.97 Å². The first-order valence-electron chi connectivity index (χ1n) is 7.65. The first kappa shape index (κ1) is 16.7. The van der Waals surface area contributed by atoms with Gasteiger partial charge in [-0.25, -0.2) is 0 Å². The number of hydrogen-bond acceptors (Lipinski definition) is 7. The molecule has 8 nitrogen and oxygen atoms in total. The van der Waals surface area contributed by atoms with Crippen LogP contribution in [0.25, 0.3) is 11.3 Å². The van der Waals surface area contributed by atoms with Gasteiger partial charge in [-0.3, -0.25) is 19.3 Å². The van der Waals surface area contributed by atoms with Gasteiger partial charge in [0.2, 0.25) is 11.8 Å². The van der Waals surface area contributed by atoms with Crippen LogP contribution in [0, 0.1) is 0 Å². The Bertz CT molecular complexity index is 780. The van der Waals surface area contributed by atoms with Crippen LogP contribution in [0.2, 0.25) is 0 Å². The van der Waals surface area contributed by atoms with E-state index in [0.29, 0.717) is 11.5 Å². The summed E-state index contributed by atoms with van der Waals surface area (Å²) in [5.74, 6) is -0.130. The van der Waals surface area contributed by atoms with Crippen molar-refractivity contribution in [1.82, 2.24) is 10.1 Å². The number of imide groups is 1. The van der Waals surface area contributed by atoms with E-state index in [-0.39, 0.29) is 37.8 Å². The van der Waals surface area contributed by atoms with E-state index in [1.165, 1.54) is 0 Å². The average Bonchev–Trinajstić information content (AvgIpc) is 3.22. The van der Waals surface area contributed by atoms with Crippen molar-refractivity contribution in [2.75, 3.05) is 13.7 Å². The van der Waals surface area contributed by atoms with Crippen molar-refractivity contribution < 1.29 is 28.4 Å². The number of rotatable bonds is 6. The van der Waals surface area contributed by atoms with Crippen molar-refractivity contribution >= 4 is 17.8 Å². The summed E-state index contributed by atoms with van der Waals surface area (Å²) in [5.41, 5.74) is 1.23. The van der Waals surface area contributed by atoms with Crippen molar-refractivity contribution in [1.29, 1.82) is 0 Å². The van der Waals surface area contributed by atoms with Gasteiger partial charge in [-0.05, 0) is 24.3 Å². The molecule has 0 N–H and O–H groups in total. The molecule has 0 spiro atoms. The lowest BCUT2D eigenvalue weighted by molar-refractivity contribution is -0.153. The fourth-order valence-electron chi connectivity index (χ4n) is 2.40. The molecular formula is C17H16N2O6. The highest BCUT2D eigenvalue weighted by Gasteiger charge is 2.30. The van der Waals surface area contributed by atoms with Crippen LogP contribution in [0.15, 0.2) is 34.9 Å². The van der Waals surface area contributed by atoms with E-state index >= 15 is 0 Å². The van der Waals surface area contributed by atoms with Crippen molar-refractivity contribution in [3.63, 3.8) is 0 Å². The third-order valence-corrected chi connectivity index (χ3v) is 3.76. The predicted molar refractivity (Wildman–Crippen MR) is 84.2 cm³/mol. The molecule has 2 heterocycles. The Balaban J connectivity index is 1.55. The van der Waals surface area contributed by atoms with Crippen molar-refractivity contribution in [3.8, 4) is 17.1 Å². The fraction of sp³-hybridized carbons (Fsp3) is 0.294. The van der Waals surface area contributed by atoms with Gasteiger partial charge in [0.15, 0.2) is 5.76 Å². The lowest BCUT2D eigenvalue weighted by Gasteiger charge is -2.12. The number of amides is 2. The largest absolute Gasteiger partial charge is 0.497 e. The summed E-state index contributed by atoms with van der Waals surface area (Å²) in [6.07, 6.45) is 0.279. The van der Waals surface area contributed by atoms with Gasteiger partial charge in [0, 0.05) is 24.5 Å². The highest BCUT2D eigenvalue weighted by molar-refractivity contribution is 6.04. The standard InChI is InChI=1S/C17H16N2O6/c1-23-13-4-2-11(3-5-13)14-8-12(18-25-14)10-24-17(22)9-19-15(20)6-7-16(19)21/h2-5,8H,6-7,9-10H2,1H3. The van der Waals surface area contributed by atoms with Crippen molar-refractivity contribution in [3.05, 3.63) is 36.0 Å². The second-order valence-electron chi connectivity index (χ2n) is 5.45. The van der Waals surface area contributed by atoms with Crippen molar-refractivity contribution in [2.24, 2.45) is 0 Å². The summed E-state index contributed by atoms with van der Waals surface area (Å²) in [4.78, 5) is 35.6. The molecule has 0 unspecified atom stereocenters. The number of carbonyl (C=O) groups is 3. The summed E-state index contributed by atoms with van der Waals surface area (Å²) in [7, 11) is 1.58. The van der Waals surface area contributed by atoms with E-state index in [0.717, 1.165) is 16.2 Å². The third kappa shape index (κ3) is 3.85. The summed E-state index contributed by atoms with van der Waals surface area (Å²) in [6.45, 7) is -0.477. The topological polar surface area (TPSA) is 98.9 Å². The van der Waals surface area contributed by atoms with Crippen LogP contribution in [0.5, 0.6) is 5.75 Å². The molecule has 1 saturated heterocycles. The van der Waals surface area contributed by atoms with E-state index in [9.17, 15) is 14.4 Å². The summed E-state index contributed by atoms with van der Waals surface area (Å²) in [5, 5.41) is 3.84. The molecule has 0 aliphatic carbocycles. The average molecular weight is 344 g/mol. The minimum atomic E-state index is -0.669. The van der Waals surface area contributed by atoms with Gasteiger partial charge in [0.1, 0.15) is 24.6 Å². The zero-order valence-electron chi connectivity index (χ0n) is 13.6. The SMILES string of the molecule is COc1ccc(-c2cc(COC(=O)CN3C(=O)CCC3=O)no2)cc1. The Hall–Kier alpha value is -3.16. The van der Waals surface area contributed by atoms with Gasteiger partial charge in [0.25, 0.3) is 0 Å². The quantitative estimate of drug-likeness (QED) is 0.579. The van der Waals surface area contributed by atoms with Gasteiger partial charge >= 0.3 is 5.97 Å². The predicted octanol–water partition coefficient (Wildman–Crippen LogP) is 1.54. The van der Waals surface area contributed by atoms with Crippen LogP contribution in [-0.2, 0) is 25.7 Å². The molecule has 1 aliphatic rings. The Morgan fingerprint density at radius 2 is 1.88 bits per heavy atom. The maximum absolute atomic E-state index is 11.8. The molecule has 2 amide bonds. The molecule has 0 bridgehead atoms. The molecule has 0 radical (unpaired) electrons. The fourth-order valence-corrected chi connectivity index (χ4v) is 2.40. The molecule has 1 fully saturated rings. The molecule has 3 rings (SSSR count). The highest BCUT2D eigenvalue weighted by atomic mass is 16.5. The first-order chi connectivity index (χ1) is 12.1. The number of carbonyl (C=O) groups excluding carboxylic acids is 3. The summed E-state index contributed by atoms with van der Waals surface area (Å²) < 4.78 is 15.4. The molecule has 1 aliphatic heterocycles. The second kappa shape index (κ2) is 7.16. The summed E-state index contributed by atoms with van der Waals surface area (Å²) in [6, 6.07) is 8.88. The number of nitrogens with zero attached hydrogens (tertiary/aromatic N) is 2. The molecule has 0 atom stereocenters. The van der Waals surface area contributed by atoms with Gasteiger partial charge < -0.3 is 14.0 Å². The van der Waals surface area contributed by atoms with Crippen LogP contribution in [0.1, 0.15) is 18.5 Å². The van der Waals surface area contributed by atoms with E-state index in [1.807, 2.05) is 12.1 Å². The van der Waals surface area contributed by atoms with Gasteiger partial charge in [-0.1, -0.05) is 5.16 Å². The minimum absolute atomic E-state index is 0.102. The smallest absolute Gasteiger partial charge is 0.326 e. The molecule has 130 valence electrons. The third-order valence-electron chi connectivity index (χ3n) is 3.76. The van der Waals surface area contributed by atoms with Crippen molar-refractivity contribution in [2.45, 2.75) is 19.4 Å². The van der Waals surface area contributed by atoms with Gasteiger partial charge in [-0.2, -0.15) is 0 Å². The Morgan fingerprint density at radius 3 is 2.52 bits per heavy atom. The maximum atomic E-state index is 11.8. The van der Waals surface area contributed by atoms with Crippen LogP contribution in [0.3, 0.4) is 0 Å². The van der Waals surface area contributed by atoms with Crippen LogP contribution in [-0.4, -0.2) is 41.5 Å². The zero-order chi connectivity index (χ0) is 17.8. The second-order valence-corrected chi connectivity index (χ2v) is 5.45. The van der Waals surface area contributed by atoms with E-state index in [4.69, 9.17) is 14.0 Å². The normalized spacial score (nSPS) is 14.0. The van der Waals surface area contributed by atoms with Crippen LogP contribution in [0.4, 0.5) is 0 Å². The summed E-state index contributed by atoms with van der Waals surface area (Å²) >= 11 is 0. The Kier molecular flexibility index (Phi) is 4.78. The molecule has 25 heavy (non-hydrogen) atoms. The lowest BCUT2D eigenvalue weighted by Crippen LogP contribution is -2.35. The van der Waals surface area contributed by atoms with Gasteiger partial charge in [-0.15, -0.1) is 0 Å². The number of hydrogen-bond donors (Lipinski definition) is 0. The first-order valence-corrected chi connectivity index (χ1v) is 7.65. The number of ether oxygens (including phenoxy) is 2. The number of aromatic nitrogens is 1. The Morgan fingerprint density at radius 1 is 1.20 bits per heavy atom. The molecule has 2 aromatic rings. The molecule has 1 aromatic carbocycles.